The molecular weight excluding hydrogens is 380 g/mol. The Kier molecular flexibility index (Phi) is 5.19. The third-order valence-electron chi connectivity index (χ3n) is 6.14. The minimum atomic E-state index is -0.840. The van der Waals surface area contributed by atoms with Crippen LogP contribution in [0, 0.1) is 5.92 Å². The number of hydrogen-bond acceptors (Lipinski definition) is 4. The van der Waals surface area contributed by atoms with E-state index < -0.39 is 11.6 Å². The Hall–Kier alpha value is -2.28. The predicted octanol–water partition coefficient (Wildman–Crippen LogP) is 3.04. The van der Waals surface area contributed by atoms with Gasteiger partial charge in [0.2, 0.25) is 5.91 Å². The number of amides is 4. The zero-order valence-electron chi connectivity index (χ0n) is 15.7. The standard InChI is InChI=1S/C20H25ClN4O3/c21-15-12-14(4-5-16(15)25-10-2-1-3-11-25)22-17(26)13-6-8-20(9-7-13)18(27)23-19(28)24-20/h4-5,12-13H,1-3,6-11H2,(H,22,26)(H2,23,24,27,28). The average Bonchev–Trinajstić information content (AvgIpc) is 2.96. The van der Waals surface area contributed by atoms with E-state index >= 15 is 0 Å². The Bertz CT molecular complexity index is 799. The Labute approximate surface area is 169 Å². The average molecular weight is 405 g/mol. The zero-order chi connectivity index (χ0) is 19.7. The summed E-state index contributed by atoms with van der Waals surface area (Å²) in [6, 6.07) is 5.22. The van der Waals surface area contributed by atoms with Crippen molar-refractivity contribution in [3.63, 3.8) is 0 Å². The summed E-state index contributed by atoms with van der Waals surface area (Å²) in [4.78, 5) is 38.4. The molecule has 8 heteroatoms. The Morgan fingerprint density at radius 1 is 1.14 bits per heavy atom. The van der Waals surface area contributed by atoms with Crippen molar-refractivity contribution < 1.29 is 14.4 Å². The van der Waals surface area contributed by atoms with Crippen molar-refractivity contribution in [2.75, 3.05) is 23.3 Å². The first-order valence-electron chi connectivity index (χ1n) is 9.96. The van der Waals surface area contributed by atoms with Gasteiger partial charge in [0.15, 0.2) is 0 Å². The van der Waals surface area contributed by atoms with E-state index in [2.05, 4.69) is 20.9 Å². The quantitative estimate of drug-likeness (QED) is 0.675. The highest BCUT2D eigenvalue weighted by molar-refractivity contribution is 6.33. The van der Waals surface area contributed by atoms with Crippen LogP contribution in [0.25, 0.3) is 0 Å². The zero-order valence-corrected chi connectivity index (χ0v) is 16.5. The lowest BCUT2D eigenvalue weighted by atomic mass is 9.76. The number of hydrogen-bond donors (Lipinski definition) is 3. The van der Waals surface area contributed by atoms with Gasteiger partial charge < -0.3 is 15.5 Å². The minimum Gasteiger partial charge on any atom is -0.370 e. The molecule has 2 saturated heterocycles. The van der Waals surface area contributed by atoms with Gasteiger partial charge in [-0.05, 0) is 63.1 Å². The molecule has 0 aromatic heterocycles. The van der Waals surface area contributed by atoms with Crippen molar-refractivity contribution >= 4 is 40.8 Å². The number of imide groups is 1. The van der Waals surface area contributed by atoms with E-state index in [-0.39, 0.29) is 17.7 Å². The molecule has 2 heterocycles. The number of piperidine rings is 1. The summed E-state index contributed by atoms with van der Waals surface area (Å²) >= 11 is 6.47. The smallest absolute Gasteiger partial charge is 0.322 e. The van der Waals surface area contributed by atoms with Gasteiger partial charge in [-0.25, -0.2) is 4.79 Å². The summed E-state index contributed by atoms with van der Waals surface area (Å²) in [6.45, 7) is 2.03. The number of benzene rings is 1. The molecule has 0 bridgehead atoms. The van der Waals surface area contributed by atoms with Gasteiger partial charge in [-0.1, -0.05) is 11.6 Å². The first-order valence-corrected chi connectivity index (χ1v) is 10.3. The third kappa shape index (κ3) is 3.68. The molecule has 1 aliphatic carbocycles. The number of carbonyl (C=O) groups excluding carboxylic acids is 3. The Morgan fingerprint density at radius 3 is 2.46 bits per heavy atom. The number of nitrogens with one attached hydrogen (secondary N) is 3. The van der Waals surface area contributed by atoms with Crippen molar-refractivity contribution in [2.45, 2.75) is 50.5 Å². The third-order valence-corrected chi connectivity index (χ3v) is 6.44. The first kappa shape index (κ1) is 19.1. The largest absolute Gasteiger partial charge is 0.370 e. The number of anilines is 2. The van der Waals surface area contributed by atoms with E-state index in [0.717, 1.165) is 18.8 Å². The van der Waals surface area contributed by atoms with Crippen LogP contribution in [0.1, 0.15) is 44.9 Å². The molecule has 3 N–H and O–H groups in total. The van der Waals surface area contributed by atoms with Gasteiger partial charge >= 0.3 is 6.03 Å². The van der Waals surface area contributed by atoms with E-state index in [4.69, 9.17) is 11.6 Å². The van der Waals surface area contributed by atoms with Gasteiger partial charge in [0, 0.05) is 24.7 Å². The molecule has 3 aliphatic rings. The number of nitrogens with zero attached hydrogens (tertiary/aromatic N) is 1. The number of halogens is 1. The van der Waals surface area contributed by atoms with E-state index in [0.29, 0.717) is 36.4 Å². The van der Waals surface area contributed by atoms with Crippen molar-refractivity contribution in [1.82, 2.24) is 10.6 Å². The highest BCUT2D eigenvalue weighted by Gasteiger charge is 2.48. The SMILES string of the molecule is O=C1NC(=O)C2(CCC(C(=O)Nc3ccc(N4CCCCC4)c(Cl)c3)CC2)N1. The predicted molar refractivity (Wildman–Crippen MR) is 108 cm³/mol. The van der Waals surface area contributed by atoms with Crippen molar-refractivity contribution in [1.29, 1.82) is 0 Å². The number of urea groups is 1. The van der Waals surface area contributed by atoms with Crippen molar-refractivity contribution in [3.05, 3.63) is 23.2 Å². The lowest BCUT2D eigenvalue weighted by molar-refractivity contribution is -0.128. The minimum absolute atomic E-state index is 0.0682. The number of carbonyl (C=O) groups is 3. The monoisotopic (exact) mass is 404 g/mol. The normalized spacial score (nSPS) is 27.5. The molecule has 28 heavy (non-hydrogen) atoms. The summed E-state index contributed by atoms with van der Waals surface area (Å²) < 4.78 is 0. The summed E-state index contributed by atoms with van der Waals surface area (Å²) in [7, 11) is 0. The first-order chi connectivity index (χ1) is 13.5. The van der Waals surface area contributed by atoms with Gasteiger partial charge in [-0.15, -0.1) is 0 Å². The second-order valence-electron chi connectivity index (χ2n) is 7.97. The summed E-state index contributed by atoms with van der Waals surface area (Å²) in [6.07, 6.45) is 5.66. The van der Waals surface area contributed by atoms with Crippen LogP contribution in [-0.2, 0) is 9.59 Å². The molecule has 150 valence electrons. The molecule has 2 aliphatic heterocycles. The van der Waals surface area contributed by atoms with E-state index in [9.17, 15) is 14.4 Å². The molecule has 3 fully saturated rings. The second kappa shape index (κ2) is 7.62. The lowest BCUT2D eigenvalue weighted by Crippen LogP contribution is -2.50. The van der Waals surface area contributed by atoms with Gasteiger partial charge in [0.05, 0.1) is 10.7 Å². The molecule has 1 aromatic rings. The van der Waals surface area contributed by atoms with Crippen LogP contribution in [0.15, 0.2) is 18.2 Å². The van der Waals surface area contributed by atoms with Gasteiger partial charge in [0.1, 0.15) is 5.54 Å². The topological polar surface area (TPSA) is 90.5 Å². The maximum absolute atomic E-state index is 12.7. The van der Waals surface area contributed by atoms with Crippen LogP contribution in [0.2, 0.25) is 5.02 Å². The molecule has 1 saturated carbocycles. The van der Waals surface area contributed by atoms with Crippen LogP contribution in [0.4, 0.5) is 16.2 Å². The Morgan fingerprint density at radius 2 is 1.86 bits per heavy atom. The molecule has 0 atom stereocenters. The van der Waals surface area contributed by atoms with Gasteiger partial charge in [-0.2, -0.15) is 0 Å². The maximum atomic E-state index is 12.7. The highest BCUT2D eigenvalue weighted by Crippen LogP contribution is 2.35. The molecule has 1 spiro atoms. The van der Waals surface area contributed by atoms with E-state index in [1.54, 1.807) is 6.07 Å². The van der Waals surface area contributed by atoms with Gasteiger partial charge in [-0.3, -0.25) is 14.9 Å². The maximum Gasteiger partial charge on any atom is 0.322 e. The van der Waals surface area contributed by atoms with Crippen LogP contribution < -0.4 is 20.9 Å². The Balaban J connectivity index is 1.36. The van der Waals surface area contributed by atoms with Crippen LogP contribution >= 0.6 is 11.6 Å². The molecule has 0 unspecified atom stereocenters. The summed E-state index contributed by atoms with van der Waals surface area (Å²) in [5, 5.41) is 8.61. The fourth-order valence-corrected chi connectivity index (χ4v) is 4.77. The van der Waals surface area contributed by atoms with Crippen molar-refractivity contribution in [2.24, 2.45) is 5.92 Å². The van der Waals surface area contributed by atoms with E-state index in [1.165, 1.54) is 19.3 Å². The van der Waals surface area contributed by atoms with Crippen LogP contribution in [-0.4, -0.2) is 36.5 Å². The molecule has 4 amide bonds. The van der Waals surface area contributed by atoms with Crippen LogP contribution in [0.5, 0.6) is 0 Å². The molecule has 0 radical (unpaired) electrons. The number of rotatable bonds is 3. The van der Waals surface area contributed by atoms with Gasteiger partial charge in [0.25, 0.3) is 5.91 Å². The van der Waals surface area contributed by atoms with Crippen LogP contribution in [0.3, 0.4) is 0 Å². The lowest BCUT2D eigenvalue weighted by Gasteiger charge is -2.34. The fraction of sp³-hybridized carbons (Fsp3) is 0.550. The molecular formula is C20H25ClN4O3. The molecule has 1 aromatic carbocycles. The summed E-state index contributed by atoms with van der Waals surface area (Å²) in [5.74, 6) is -0.533. The summed E-state index contributed by atoms with van der Waals surface area (Å²) in [5.41, 5.74) is 0.859. The highest BCUT2D eigenvalue weighted by atomic mass is 35.5. The fourth-order valence-electron chi connectivity index (χ4n) is 4.47. The molecule has 4 rings (SSSR count). The van der Waals surface area contributed by atoms with E-state index in [1.807, 2.05) is 12.1 Å². The van der Waals surface area contributed by atoms with Crippen molar-refractivity contribution in [3.8, 4) is 0 Å². The second-order valence-corrected chi connectivity index (χ2v) is 8.37. The molecule has 7 nitrogen and oxygen atoms in total.